The molecule has 0 saturated heterocycles. The van der Waals surface area contributed by atoms with Crippen LogP contribution < -0.4 is 10.1 Å². The topological polar surface area (TPSA) is 24.5 Å². The molecule has 18 heavy (non-hydrogen) atoms. The van der Waals surface area contributed by atoms with Crippen LogP contribution in [0.5, 0.6) is 5.75 Å². The number of benzene rings is 1. The lowest BCUT2D eigenvalue weighted by Crippen LogP contribution is -2.23. The Labute approximate surface area is 107 Å². The van der Waals surface area contributed by atoms with Gasteiger partial charge in [0.25, 0.3) is 0 Å². The number of halogens is 2. The highest BCUT2D eigenvalue weighted by atomic mass is 19.1. The van der Waals surface area contributed by atoms with Gasteiger partial charge in [0.15, 0.2) is 11.6 Å². The van der Waals surface area contributed by atoms with Crippen molar-refractivity contribution in [3.63, 3.8) is 0 Å². The van der Waals surface area contributed by atoms with Crippen molar-refractivity contribution in [2.24, 2.45) is 0 Å². The van der Waals surface area contributed by atoms with Crippen molar-refractivity contribution in [1.82, 2.24) is 10.2 Å². The lowest BCUT2D eigenvalue weighted by atomic mass is 10.2. The number of nitrogens with zero attached hydrogens (tertiary/aromatic N) is 1. The minimum absolute atomic E-state index is 0.0610. The molecule has 0 radical (unpaired) electrons. The molecule has 0 aliphatic heterocycles. The third-order valence-corrected chi connectivity index (χ3v) is 2.73. The number of hydrogen-bond acceptors (Lipinski definition) is 3. The summed E-state index contributed by atoms with van der Waals surface area (Å²) in [6.07, 6.45) is 0.966. The Morgan fingerprint density at radius 2 is 2.00 bits per heavy atom. The van der Waals surface area contributed by atoms with Crippen LogP contribution in [0.1, 0.15) is 12.0 Å². The Morgan fingerprint density at radius 3 is 2.61 bits per heavy atom. The summed E-state index contributed by atoms with van der Waals surface area (Å²) < 4.78 is 31.9. The summed E-state index contributed by atoms with van der Waals surface area (Å²) in [5.74, 6) is -1.03. The van der Waals surface area contributed by atoms with Gasteiger partial charge in [-0.05, 0) is 39.7 Å². The second-order valence-corrected chi connectivity index (χ2v) is 4.27. The summed E-state index contributed by atoms with van der Waals surface area (Å²) in [6, 6.07) is 2.29. The van der Waals surface area contributed by atoms with Crippen molar-refractivity contribution in [2.75, 3.05) is 34.3 Å². The van der Waals surface area contributed by atoms with Crippen LogP contribution in [0.4, 0.5) is 8.78 Å². The average molecular weight is 258 g/mol. The van der Waals surface area contributed by atoms with Gasteiger partial charge >= 0.3 is 0 Å². The first kappa shape index (κ1) is 14.9. The van der Waals surface area contributed by atoms with Crippen molar-refractivity contribution >= 4 is 0 Å². The normalized spacial score (nSPS) is 11.0. The molecule has 0 aliphatic rings. The molecule has 1 N–H and O–H groups in total. The monoisotopic (exact) mass is 258 g/mol. The molecule has 0 unspecified atom stereocenters. The van der Waals surface area contributed by atoms with Gasteiger partial charge in [-0.3, -0.25) is 0 Å². The third-order valence-electron chi connectivity index (χ3n) is 2.73. The van der Waals surface area contributed by atoms with Gasteiger partial charge in [0.1, 0.15) is 5.82 Å². The quantitative estimate of drug-likeness (QED) is 0.757. The fourth-order valence-corrected chi connectivity index (χ4v) is 1.74. The van der Waals surface area contributed by atoms with Crippen LogP contribution in [0.15, 0.2) is 12.1 Å². The smallest absolute Gasteiger partial charge is 0.165 e. The zero-order valence-corrected chi connectivity index (χ0v) is 11.1. The van der Waals surface area contributed by atoms with E-state index in [1.165, 1.54) is 13.2 Å². The Balaban J connectivity index is 2.64. The molecule has 0 bridgehead atoms. The Bertz CT molecular complexity index is 385. The molecule has 102 valence electrons. The van der Waals surface area contributed by atoms with E-state index in [2.05, 4.69) is 5.32 Å². The van der Waals surface area contributed by atoms with Crippen molar-refractivity contribution in [2.45, 2.75) is 13.0 Å². The summed E-state index contributed by atoms with van der Waals surface area (Å²) in [5, 5.41) is 3.05. The minimum atomic E-state index is -0.530. The highest BCUT2D eigenvalue weighted by molar-refractivity contribution is 5.30. The Kier molecular flexibility index (Phi) is 6.01. The van der Waals surface area contributed by atoms with Crippen molar-refractivity contribution < 1.29 is 13.5 Å². The molecule has 0 heterocycles. The summed E-state index contributed by atoms with van der Waals surface area (Å²) in [7, 11) is 5.09. The van der Waals surface area contributed by atoms with Crippen LogP contribution >= 0.6 is 0 Å². The number of hydrogen-bond donors (Lipinski definition) is 1. The molecule has 0 saturated carbocycles. The van der Waals surface area contributed by atoms with E-state index in [0.29, 0.717) is 12.1 Å². The summed E-state index contributed by atoms with van der Waals surface area (Å²) in [4.78, 5) is 1.96. The molecule has 0 aromatic heterocycles. The van der Waals surface area contributed by atoms with Gasteiger partial charge < -0.3 is 15.0 Å². The Morgan fingerprint density at radius 1 is 1.28 bits per heavy atom. The third kappa shape index (κ3) is 4.23. The van der Waals surface area contributed by atoms with E-state index in [9.17, 15) is 8.78 Å². The lowest BCUT2D eigenvalue weighted by Gasteiger charge is -2.17. The highest BCUT2D eigenvalue weighted by Gasteiger charge is 2.11. The number of nitrogens with one attached hydrogen (secondary N) is 1. The molecular weight excluding hydrogens is 238 g/mol. The van der Waals surface area contributed by atoms with Gasteiger partial charge in [-0.15, -0.1) is 0 Å². The first-order valence-electron chi connectivity index (χ1n) is 5.93. The maximum absolute atomic E-state index is 13.7. The second kappa shape index (κ2) is 7.28. The highest BCUT2D eigenvalue weighted by Crippen LogP contribution is 2.21. The van der Waals surface area contributed by atoms with Crippen LogP contribution in [-0.2, 0) is 6.54 Å². The van der Waals surface area contributed by atoms with Crippen molar-refractivity contribution in [3.8, 4) is 5.75 Å². The fraction of sp³-hybridized carbons (Fsp3) is 0.538. The fourth-order valence-electron chi connectivity index (χ4n) is 1.74. The summed E-state index contributed by atoms with van der Waals surface area (Å²) in [5.41, 5.74) is 0.347. The van der Waals surface area contributed by atoms with E-state index in [4.69, 9.17) is 4.74 Å². The SMILES string of the molecule is CNCCCN(C)Cc1cc(F)c(OC)cc1F. The zero-order valence-electron chi connectivity index (χ0n) is 11.1. The largest absolute Gasteiger partial charge is 0.494 e. The molecule has 0 spiro atoms. The van der Waals surface area contributed by atoms with E-state index in [-0.39, 0.29) is 5.75 Å². The predicted octanol–water partition coefficient (Wildman–Crippen LogP) is 2.01. The molecule has 0 fully saturated rings. The van der Waals surface area contributed by atoms with Gasteiger partial charge in [-0.1, -0.05) is 0 Å². The lowest BCUT2D eigenvalue weighted by molar-refractivity contribution is 0.313. The van der Waals surface area contributed by atoms with E-state index < -0.39 is 11.6 Å². The average Bonchev–Trinajstić information content (AvgIpc) is 2.33. The minimum Gasteiger partial charge on any atom is -0.494 e. The standard InChI is InChI=1S/C13H20F2N2O/c1-16-5-4-6-17(2)9-10-7-12(15)13(18-3)8-11(10)14/h7-8,16H,4-6,9H2,1-3H3. The maximum atomic E-state index is 13.7. The molecule has 0 aliphatic carbocycles. The summed E-state index contributed by atoms with van der Waals surface area (Å²) in [6.45, 7) is 2.12. The van der Waals surface area contributed by atoms with Gasteiger partial charge in [-0.25, -0.2) is 8.78 Å². The predicted molar refractivity (Wildman–Crippen MR) is 67.8 cm³/mol. The second-order valence-electron chi connectivity index (χ2n) is 4.27. The van der Waals surface area contributed by atoms with E-state index in [0.717, 1.165) is 25.6 Å². The molecule has 1 aromatic carbocycles. The number of ether oxygens (including phenoxy) is 1. The Hall–Kier alpha value is -1.20. The maximum Gasteiger partial charge on any atom is 0.165 e. The molecule has 5 heteroatoms. The van der Waals surface area contributed by atoms with E-state index in [1.54, 1.807) is 0 Å². The first-order chi connectivity index (χ1) is 8.58. The number of rotatable bonds is 7. The van der Waals surface area contributed by atoms with Crippen molar-refractivity contribution in [3.05, 3.63) is 29.3 Å². The summed E-state index contributed by atoms with van der Waals surface area (Å²) >= 11 is 0. The number of methoxy groups -OCH3 is 1. The van der Waals surface area contributed by atoms with Gasteiger partial charge in [0.05, 0.1) is 7.11 Å². The molecule has 0 atom stereocenters. The van der Waals surface area contributed by atoms with Gasteiger partial charge in [-0.2, -0.15) is 0 Å². The van der Waals surface area contributed by atoms with E-state index >= 15 is 0 Å². The molecule has 0 amide bonds. The molecular formula is C13H20F2N2O. The first-order valence-corrected chi connectivity index (χ1v) is 5.93. The molecule has 1 rings (SSSR count). The van der Waals surface area contributed by atoms with Gasteiger partial charge in [0.2, 0.25) is 0 Å². The van der Waals surface area contributed by atoms with Crippen LogP contribution in [0.2, 0.25) is 0 Å². The van der Waals surface area contributed by atoms with E-state index in [1.807, 2.05) is 19.0 Å². The van der Waals surface area contributed by atoms with Crippen LogP contribution in [0.25, 0.3) is 0 Å². The molecule has 3 nitrogen and oxygen atoms in total. The molecule has 1 aromatic rings. The zero-order chi connectivity index (χ0) is 13.5. The van der Waals surface area contributed by atoms with Crippen LogP contribution in [0.3, 0.4) is 0 Å². The van der Waals surface area contributed by atoms with Gasteiger partial charge in [0, 0.05) is 18.2 Å². The van der Waals surface area contributed by atoms with Crippen molar-refractivity contribution in [1.29, 1.82) is 0 Å². The van der Waals surface area contributed by atoms with Crippen LogP contribution in [-0.4, -0.2) is 39.2 Å². The van der Waals surface area contributed by atoms with Crippen LogP contribution in [0, 0.1) is 11.6 Å².